The highest BCUT2D eigenvalue weighted by Gasteiger charge is 2.22. The Balaban J connectivity index is 1.42. The van der Waals surface area contributed by atoms with Crippen LogP contribution in [0.5, 0.6) is 0 Å². The lowest BCUT2D eigenvalue weighted by atomic mass is 9.86. The zero-order chi connectivity index (χ0) is 27.5. The SMILES string of the molecule is Cc1cccc2c(CCN3CCCCC3)c(C(=O)c3ccc4c(C)cccc4c3CCN3CCCCC3)ccc12. The summed E-state index contributed by atoms with van der Waals surface area (Å²) in [6.07, 6.45) is 9.67. The number of aryl methyl sites for hydroxylation is 2. The van der Waals surface area contributed by atoms with Crippen molar-refractivity contribution in [2.45, 2.75) is 65.2 Å². The minimum Gasteiger partial charge on any atom is -0.303 e. The van der Waals surface area contributed by atoms with E-state index in [0.29, 0.717) is 0 Å². The van der Waals surface area contributed by atoms with Gasteiger partial charge in [-0.1, -0.05) is 73.5 Å². The van der Waals surface area contributed by atoms with Gasteiger partial charge in [0.25, 0.3) is 0 Å². The summed E-state index contributed by atoms with van der Waals surface area (Å²) in [4.78, 5) is 19.8. The molecule has 6 rings (SSSR count). The lowest BCUT2D eigenvalue weighted by Crippen LogP contribution is -2.32. The summed E-state index contributed by atoms with van der Waals surface area (Å²) in [7, 11) is 0. The number of hydrogen-bond acceptors (Lipinski definition) is 3. The number of likely N-dealkylation sites (tertiary alicyclic amines) is 2. The summed E-state index contributed by atoms with van der Waals surface area (Å²) in [5, 5.41) is 5.03. The van der Waals surface area contributed by atoms with Gasteiger partial charge in [0.15, 0.2) is 5.78 Å². The van der Waals surface area contributed by atoms with Gasteiger partial charge in [-0.3, -0.25) is 4.79 Å². The largest absolute Gasteiger partial charge is 0.303 e. The molecule has 2 saturated heterocycles. The average Bonchev–Trinajstić information content (AvgIpc) is 2.99. The molecule has 2 heterocycles. The van der Waals surface area contributed by atoms with Crippen LogP contribution in [0.2, 0.25) is 0 Å². The Morgan fingerprint density at radius 2 is 0.975 bits per heavy atom. The van der Waals surface area contributed by atoms with E-state index in [4.69, 9.17) is 0 Å². The Kier molecular flexibility index (Phi) is 8.32. The predicted molar refractivity (Wildman–Crippen MR) is 169 cm³/mol. The first-order valence-electron chi connectivity index (χ1n) is 15.6. The Morgan fingerprint density at radius 1 is 0.550 bits per heavy atom. The molecule has 2 aliphatic rings. The van der Waals surface area contributed by atoms with Gasteiger partial charge in [-0.25, -0.2) is 0 Å². The second-order valence-electron chi connectivity index (χ2n) is 12.2. The third-order valence-electron chi connectivity index (χ3n) is 9.52. The minimum atomic E-state index is 0.189. The number of carbonyl (C=O) groups excluding carboxylic acids is 1. The summed E-state index contributed by atoms with van der Waals surface area (Å²) in [5.74, 6) is 0.189. The number of nitrogens with zero attached hydrogens (tertiary/aromatic N) is 2. The van der Waals surface area contributed by atoms with Crippen molar-refractivity contribution in [1.82, 2.24) is 9.80 Å². The Labute approximate surface area is 240 Å². The van der Waals surface area contributed by atoms with Crippen LogP contribution in [-0.4, -0.2) is 54.9 Å². The van der Waals surface area contributed by atoms with Crippen molar-refractivity contribution >= 4 is 27.3 Å². The summed E-state index contributed by atoms with van der Waals surface area (Å²) in [5.41, 5.74) is 6.78. The third kappa shape index (κ3) is 5.60. The number of ketones is 1. The van der Waals surface area contributed by atoms with E-state index >= 15 is 0 Å². The van der Waals surface area contributed by atoms with Crippen LogP contribution in [0.25, 0.3) is 21.5 Å². The van der Waals surface area contributed by atoms with Gasteiger partial charge in [0.05, 0.1) is 0 Å². The Morgan fingerprint density at radius 3 is 1.40 bits per heavy atom. The monoisotopic (exact) mass is 532 g/mol. The van der Waals surface area contributed by atoms with Gasteiger partial charge in [-0.2, -0.15) is 0 Å². The Hall–Kier alpha value is -3.01. The maximum Gasteiger partial charge on any atom is 0.193 e. The molecule has 4 aromatic carbocycles. The maximum absolute atomic E-state index is 14.6. The smallest absolute Gasteiger partial charge is 0.193 e. The average molecular weight is 533 g/mol. The van der Waals surface area contributed by atoms with E-state index in [0.717, 1.165) is 37.1 Å². The first-order valence-corrected chi connectivity index (χ1v) is 15.6. The number of rotatable bonds is 8. The van der Waals surface area contributed by atoms with Crippen molar-refractivity contribution in [2.24, 2.45) is 0 Å². The van der Waals surface area contributed by atoms with E-state index in [1.54, 1.807) is 0 Å². The highest BCUT2D eigenvalue weighted by Crippen LogP contribution is 2.32. The zero-order valence-corrected chi connectivity index (χ0v) is 24.5. The molecule has 208 valence electrons. The van der Waals surface area contributed by atoms with E-state index in [-0.39, 0.29) is 5.78 Å². The molecule has 3 heteroatoms. The van der Waals surface area contributed by atoms with Gasteiger partial charge in [-0.15, -0.1) is 0 Å². The van der Waals surface area contributed by atoms with Crippen molar-refractivity contribution in [3.63, 3.8) is 0 Å². The lowest BCUT2D eigenvalue weighted by Gasteiger charge is -2.27. The van der Waals surface area contributed by atoms with Crippen LogP contribution in [-0.2, 0) is 12.8 Å². The topological polar surface area (TPSA) is 23.6 Å². The molecule has 0 N–H and O–H groups in total. The van der Waals surface area contributed by atoms with Gasteiger partial charge < -0.3 is 9.80 Å². The van der Waals surface area contributed by atoms with Gasteiger partial charge in [0, 0.05) is 24.2 Å². The molecule has 0 spiro atoms. The molecule has 0 aliphatic carbocycles. The van der Waals surface area contributed by atoms with E-state index in [1.165, 1.54) is 109 Å². The number of fused-ring (bicyclic) bond motifs is 2. The molecule has 0 radical (unpaired) electrons. The molecule has 4 aromatic rings. The van der Waals surface area contributed by atoms with E-state index in [9.17, 15) is 4.79 Å². The summed E-state index contributed by atoms with van der Waals surface area (Å²) in [6.45, 7) is 11.1. The summed E-state index contributed by atoms with van der Waals surface area (Å²) >= 11 is 0. The summed E-state index contributed by atoms with van der Waals surface area (Å²) in [6, 6.07) is 21.7. The molecule has 0 bridgehead atoms. The molecule has 0 aromatic heterocycles. The predicted octanol–water partition coefficient (Wildman–Crippen LogP) is 7.90. The second kappa shape index (κ2) is 12.2. The molecule has 0 atom stereocenters. The molecule has 3 nitrogen and oxygen atoms in total. The van der Waals surface area contributed by atoms with E-state index in [2.05, 4.69) is 84.3 Å². The van der Waals surface area contributed by atoms with Crippen LogP contribution >= 0.6 is 0 Å². The first-order chi connectivity index (χ1) is 19.6. The normalized spacial score (nSPS) is 17.1. The van der Waals surface area contributed by atoms with Crippen molar-refractivity contribution in [3.05, 3.63) is 94.0 Å². The van der Waals surface area contributed by atoms with E-state index < -0.39 is 0 Å². The Bertz CT molecular complexity index is 1390. The molecule has 2 aliphatic heterocycles. The second-order valence-corrected chi connectivity index (χ2v) is 12.2. The van der Waals surface area contributed by atoms with Crippen LogP contribution in [0.15, 0.2) is 60.7 Å². The number of benzene rings is 4. The van der Waals surface area contributed by atoms with Gasteiger partial charge in [-0.05, 0) is 122 Å². The number of hydrogen-bond donors (Lipinski definition) is 0. The molecular weight excluding hydrogens is 488 g/mol. The van der Waals surface area contributed by atoms with Crippen LogP contribution in [0.1, 0.15) is 76.7 Å². The van der Waals surface area contributed by atoms with Gasteiger partial charge in [0.1, 0.15) is 0 Å². The van der Waals surface area contributed by atoms with Crippen LogP contribution < -0.4 is 0 Å². The highest BCUT2D eigenvalue weighted by atomic mass is 16.1. The van der Waals surface area contributed by atoms with Crippen molar-refractivity contribution < 1.29 is 4.79 Å². The quantitative estimate of drug-likeness (QED) is 0.216. The van der Waals surface area contributed by atoms with Crippen molar-refractivity contribution in [2.75, 3.05) is 39.3 Å². The lowest BCUT2D eigenvalue weighted by molar-refractivity contribution is 0.103. The fourth-order valence-corrected chi connectivity index (χ4v) is 7.17. The molecule has 40 heavy (non-hydrogen) atoms. The number of piperidine rings is 2. The zero-order valence-electron chi connectivity index (χ0n) is 24.5. The maximum atomic E-state index is 14.6. The fraction of sp³-hybridized carbons (Fsp3) is 0.432. The van der Waals surface area contributed by atoms with Gasteiger partial charge in [0.2, 0.25) is 0 Å². The van der Waals surface area contributed by atoms with Gasteiger partial charge >= 0.3 is 0 Å². The van der Waals surface area contributed by atoms with Crippen LogP contribution in [0.4, 0.5) is 0 Å². The standard InChI is InChI=1S/C37H44N2O/c1-27-11-9-13-31-29(27)15-17-35(33(31)19-25-38-21-5-3-6-22-38)37(40)36-18-16-30-28(2)12-10-14-32(30)34(36)20-26-39-23-7-4-8-24-39/h9-18H,3-8,19-26H2,1-2H3. The molecule has 0 unspecified atom stereocenters. The highest BCUT2D eigenvalue weighted by molar-refractivity contribution is 6.15. The molecule has 0 amide bonds. The van der Waals surface area contributed by atoms with E-state index in [1.807, 2.05) is 0 Å². The molecule has 2 fully saturated rings. The van der Waals surface area contributed by atoms with Crippen LogP contribution in [0, 0.1) is 13.8 Å². The minimum absolute atomic E-state index is 0.189. The third-order valence-corrected chi connectivity index (χ3v) is 9.52. The van der Waals surface area contributed by atoms with Crippen molar-refractivity contribution in [1.29, 1.82) is 0 Å². The number of carbonyl (C=O) groups is 1. The van der Waals surface area contributed by atoms with Crippen LogP contribution in [0.3, 0.4) is 0 Å². The summed E-state index contributed by atoms with van der Waals surface area (Å²) < 4.78 is 0. The first kappa shape index (κ1) is 27.2. The fourth-order valence-electron chi connectivity index (χ4n) is 7.17. The molecule has 0 saturated carbocycles. The molecular formula is C37H44N2O. The van der Waals surface area contributed by atoms with Crippen molar-refractivity contribution in [3.8, 4) is 0 Å².